The minimum absolute atomic E-state index is 0.239. The third kappa shape index (κ3) is 1.65. The van der Waals surface area contributed by atoms with E-state index in [9.17, 15) is 10.2 Å². The van der Waals surface area contributed by atoms with Crippen LogP contribution in [0.25, 0.3) is 5.65 Å². The Labute approximate surface area is 114 Å². The van der Waals surface area contributed by atoms with Crippen LogP contribution < -0.4 is 5.73 Å². The number of anilines is 1. The Balaban J connectivity index is 2.02. The third-order valence-corrected chi connectivity index (χ3v) is 3.49. The average molecular weight is 275 g/mol. The van der Waals surface area contributed by atoms with Crippen LogP contribution in [0.2, 0.25) is 0 Å². The molecule has 0 radical (unpaired) electrons. The second-order valence-electron chi connectivity index (χ2n) is 4.61. The van der Waals surface area contributed by atoms with Crippen LogP contribution in [0.3, 0.4) is 0 Å². The summed E-state index contributed by atoms with van der Waals surface area (Å²) in [6, 6.07) is 0. The minimum Gasteiger partial charge on any atom is -0.392 e. The molecule has 1 aliphatic rings. The zero-order chi connectivity index (χ0) is 14.3. The van der Waals surface area contributed by atoms with Gasteiger partial charge in [-0.2, -0.15) is 5.10 Å². The number of aromatic nitrogens is 4. The Morgan fingerprint density at radius 1 is 1.60 bits per heavy atom. The molecule has 3 heterocycles. The Hall–Kier alpha value is -2.21. The summed E-state index contributed by atoms with van der Waals surface area (Å²) in [7, 11) is 0. The fourth-order valence-electron chi connectivity index (χ4n) is 2.35. The molecule has 1 fully saturated rings. The van der Waals surface area contributed by atoms with E-state index in [1.807, 2.05) is 0 Å². The first-order valence-electron chi connectivity index (χ1n) is 6.00. The summed E-state index contributed by atoms with van der Waals surface area (Å²) in [5.41, 5.74) is 5.31. The number of nitrogen functional groups attached to an aromatic ring is 1. The second-order valence-corrected chi connectivity index (χ2v) is 4.61. The largest absolute Gasteiger partial charge is 0.392 e. The lowest BCUT2D eigenvalue weighted by atomic mass is 9.98. The summed E-state index contributed by atoms with van der Waals surface area (Å²) in [5.74, 6) is 2.56. The van der Waals surface area contributed by atoms with Crippen molar-refractivity contribution in [3.05, 3.63) is 18.2 Å². The van der Waals surface area contributed by atoms with E-state index >= 15 is 0 Å². The molecule has 104 valence electrons. The second kappa shape index (κ2) is 4.42. The summed E-state index contributed by atoms with van der Waals surface area (Å²) in [6.45, 7) is -0.463. The highest BCUT2D eigenvalue weighted by Gasteiger charge is 2.48. The number of nitrogens with zero attached hydrogens (tertiary/aromatic N) is 4. The van der Waals surface area contributed by atoms with Gasteiger partial charge in [0.25, 0.3) is 0 Å². The molecule has 1 aliphatic heterocycles. The molecular formula is C12H13N5O3. The molecular weight excluding hydrogens is 262 g/mol. The van der Waals surface area contributed by atoms with Crippen molar-refractivity contribution >= 4 is 11.5 Å². The molecule has 3 unspecified atom stereocenters. The Morgan fingerprint density at radius 3 is 3.05 bits per heavy atom. The van der Waals surface area contributed by atoms with Gasteiger partial charge in [0.15, 0.2) is 17.1 Å². The predicted molar refractivity (Wildman–Crippen MR) is 68.3 cm³/mol. The topological polar surface area (TPSA) is 119 Å². The van der Waals surface area contributed by atoms with Gasteiger partial charge in [-0.25, -0.2) is 14.5 Å². The monoisotopic (exact) mass is 275 g/mol. The number of nitrogens with two attached hydrogens (primary N) is 1. The van der Waals surface area contributed by atoms with Crippen LogP contribution in [0.1, 0.15) is 18.2 Å². The van der Waals surface area contributed by atoms with Gasteiger partial charge < -0.3 is 20.7 Å². The van der Waals surface area contributed by atoms with Gasteiger partial charge in [-0.1, -0.05) is 5.92 Å². The number of hydrogen-bond acceptors (Lipinski definition) is 7. The lowest BCUT2D eigenvalue weighted by Gasteiger charge is -2.23. The Morgan fingerprint density at radius 2 is 2.40 bits per heavy atom. The van der Waals surface area contributed by atoms with Crippen molar-refractivity contribution in [1.29, 1.82) is 0 Å². The van der Waals surface area contributed by atoms with Crippen LogP contribution in [0.5, 0.6) is 0 Å². The number of terminal acetylenes is 1. The normalized spacial score (nSPS) is 29.6. The van der Waals surface area contributed by atoms with Crippen molar-refractivity contribution in [3.63, 3.8) is 0 Å². The first-order valence-corrected chi connectivity index (χ1v) is 6.00. The first-order chi connectivity index (χ1) is 9.61. The van der Waals surface area contributed by atoms with Gasteiger partial charge in [0.2, 0.25) is 0 Å². The Bertz CT molecular complexity index is 694. The molecule has 0 aromatic carbocycles. The summed E-state index contributed by atoms with van der Waals surface area (Å²) in [4.78, 5) is 7.97. The van der Waals surface area contributed by atoms with E-state index in [0.29, 0.717) is 11.3 Å². The quantitative estimate of drug-likeness (QED) is 0.595. The van der Waals surface area contributed by atoms with Crippen LogP contribution in [0.15, 0.2) is 12.5 Å². The summed E-state index contributed by atoms with van der Waals surface area (Å²) in [6.07, 6.45) is 6.95. The van der Waals surface area contributed by atoms with Crippen molar-refractivity contribution in [1.82, 2.24) is 19.6 Å². The van der Waals surface area contributed by atoms with Gasteiger partial charge in [-0.05, 0) is 0 Å². The van der Waals surface area contributed by atoms with Gasteiger partial charge in [-0.15, -0.1) is 6.42 Å². The highest BCUT2D eigenvalue weighted by atomic mass is 16.5. The molecule has 3 atom stereocenters. The molecule has 8 heteroatoms. The van der Waals surface area contributed by atoms with Crippen molar-refractivity contribution < 1.29 is 14.9 Å². The molecule has 0 saturated carbocycles. The number of aliphatic hydroxyl groups excluding tert-OH is 2. The predicted octanol–water partition coefficient (Wildman–Crippen LogP) is -1.11. The standard InChI is InChI=1S/C12H13N5O3/c1-2-12(5-18)9(19)3-8(20-12)7-4-14-11-10(13)15-6-16-17(7)11/h1,4,6,8-9,18-19H,3,5H2,(H2,13,15,16). The molecule has 2 aromatic rings. The van der Waals surface area contributed by atoms with Crippen molar-refractivity contribution in [2.24, 2.45) is 0 Å². The maximum absolute atomic E-state index is 10.0. The van der Waals surface area contributed by atoms with E-state index in [4.69, 9.17) is 16.9 Å². The number of ether oxygens (including phenoxy) is 1. The van der Waals surface area contributed by atoms with Gasteiger partial charge in [0, 0.05) is 6.42 Å². The van der Waals surface area contributed by atoms with Gasteiger partial charge in [0.05, 0.1) is 24.6 Å². The van der Waals surface area contributed by atoms with Crippen LogP contribution in [-0.2, 0) is 4.74 Å². The van der Waals surface area contributed by atoms with Gasteiger partial charge >= 0.3 is 0 Å². The number of rotatable bonds is 2. The minimum atomic E-state index is -1.40. The molecule has 8 nitrogen and oxygen atoms in total. The van der Waals surface area contributed by atoms with Crippen LogP contribution in [0.4, 0.5) is 5.82 Å². The fraction of sp³-hybridized carbons (Fsp3) is 0.417. The highest BCUT2D eigenvalue weighted by Crippen LogP contribution is 2.39. The molecule has 4 N–H and O–H groups in total. The fourth-order valence-corrected chi connectivity index (χ4v) is 2.35. The van der Waals surface area contributed by atoms with Crippen molar-refractivity contribution in [2.75, 3.05) is 12.3 Å². The first kappa shape index (κ1) is 12.8. The lowest BCUT2D eigenvalue weighted by Crippen LogP contribution is -2.41. The molecule has 20 heavy (non-hydrogen) atoms. The molecule has 1 saturated heterocycles. The van der Waals surface area contributed by atoms with E-state index in [0.717, 1.165) is 0 Å². The van der Waals surface area contributed by atoms with E-state index in [-0.39, 0.29) is 12.2 Å². The van der Waals surface area contributed by atoms with Crippen LogP contribution in [0, 0.1) is 12.3 Å². The van der Waals surface area contributed by atoms with Crippen LogP contribution >= 0.6 is 0 Å². The van der Waals surface area contributed by atoms with Gasteiger partial charge in [0.1, 0.15) is 12.4 Å². The Kier molecular flexibility index (Phi) is 2.83. The molecule has 2 aromatic heterocycles. The number of imidazole rings is 1. The maximum Gasteiger partial charge on any atom is 0.196 e. The maximum atomic E-state index is 10.0. The summed E-state index contributed by atoms with van der Waals surface area (Å²) < 4.78 is 7.14. The highest BCUT2D eigenvalue weighted by molar-refractivity contribution is 5.58. The molecule has 0 amide bonds. The van der Waals surface area contributed by atoms with Crippen LogP contribution in [-0.4, -0.2) is 48.1 Å². The smallest absolute Gasteiger partial charge is 0.196 e. The van der Waals surface area contributed by atoms with E-state index < -0.39 is 24.4 Å². The zero-order valence-electron chi connectivity index (χ0n) is 10.5. The summed E-state index contributed by atoms with van der Waals surface area (Å²) in [5, 5.41) is 23.4. The zero-order valence-corrected chi connectivity index (χ0v) is 10.5. The van der Waals surface area contributed by atoms with Gasteiger partial charge in [-0.3, -0.25) is 0 Å². The molecule has 0 spiro atoms. The lowest BCUT2D eigenvalue weighted by molar-refractivity contribution is -0.0732. The van der Waals surface area contributed by atoms with Crippen molar-refractivity contribution in [2.45, 2.75) is 24.2 Å². The van der Waals surface area contributed by atoms with E-state index in [1.54, 1.807) is 6.20 Å². The average Bonchev–Trinajstić information content (AvgIpc) is 3.01. The molecule has 3 rings (SSSR count). The molecule has 0 aliphatic carbocycles. The SMILES string of the molecule is C#CC1(CO)OC(c2cnc3c(N)ncnn23)CC1O. The van der Waals surface area contributed by atoms with E-state index in [1.165, 1.54) is 10.8 Å². The van der Waals surface area contributed by atoms with Crippen molar-refractivity contribution in [3.8, 4) is 12.3 Å². The summed E-state index contributed by atoms with van der Waals surface area (Å²) >= 11 is 0. The van der Waals surface area contributed by atoms with E-state index in [2.05, 4.69) is 21.0 Å². The number of hydrogen-bond donors (Lipinski definition) is 3. The number of fused-ring (bicyclic) bond motifs is 1. The number of aliphatic hydroxyl groups is 2. The third-order valence-electron chi connectivity index (χ3n) is 3.49. The molecule has 0 bridgehead atoms.